The molecule has 36 heavy (non-hydrogen) atoms. The fourth-order valence-corrected chi connectivity index (χ4v) is 4.21. The number of hydrogen-bond donors (Lipinski definition) is 2. The monoisotopic (exact) mass is 501 g/mol. The fraction of sp³-hybridized carbons (Fsp3) is 0.690. The van der Waals surface area contributed by atoms with Crippen molar-refractivity contribution in [3.05, 3.63) is 35.4 Å². The van der Waals surface area contributed by atoms with Crippen molar-refractivity contribution < 1.29 is 19.1 Å². The fourth-order valence-electron chi connectivity index (χ4n) is 4.21. The quantitative estimate of drug-likeness (QED) is 0.348. The maximum Gasteiger partial charge on any atom is 0.408 e. The van der Waals surface area contributed by atoms with Crippen molar-refractivity contribution in [2.45, 2.75) is 117 Å². The van der Waals surface area contributed by atoms with Crippen LogP contribution in [0.15, 0.2) is 24.3 Å². The average Bonchev–Trinajstić information content (AvgIpc) is 3.66. The summed E-state index contributed by atoms with van der Waals surface area (Å²) in [6, 6.07) is 6.40. The van der Waals surface area contributed by atoms with Gasteiger partial charge in [-0.3, -0.25) is 9.59 Å². The van der Waals surface area contributed by atoms with Gasteiger partial charge >= 0.3 is 6.09 Å². The number of nitrogens with zero attached hydrogens (tertiary/aromatic N) is 1. The molecule has 1 aliphatic rings. The van der Waals surface area contributed by atoms with Crippen LogP contribution in [0.2, 0.25) is 0 Å². The van der Waals surface area contributed by atoms with Gasteiger partial charge in [0.15, 0.2) is 0 Å². The molecule has 1 aliphatic carbocycles. The first-order valence-corrected chi connectivity index (χ1v) is 13.7. The third kappa shape index (κ3) is 8.82. The van der Waals surface area contributed by atoms with Gasteiger partial charge in [-0.25, -0.2) is 4.79 Å². The Bertz CT molecular complexity index is 858. The van der Waals surface area contributed by atoms with Crippen LogP contribution in [0, 0.1) is 5.92 Å². The van der Waals surface area contributed by atoms with E-state index in [4.69, 9.17) is 4.74 Å². The van der Waals surface area contributed by atoms with E-state index in [1.54, 1.807) is 25.7 Å². The number of unbranched alkanes of at least 4 members (excludes halogenated alkanes) is 2. The zero-order chi connectivity index (χ0) is 26.9. The van der Waals surface area contributed by atoms with E-state index < -0.39 is 23.8 Å². The molecule has 1 aromatic rings. The Labute approximate surface area is 217 Å². The number of rotatable bonds is 13. The molecule has 1 saturated carbocycles. The smallest absolute Gasteiger partial charge is 0.408 e. The van der Waals surface area contributed by atoms with E-state index in [0.717, 1.165) is 44.1 Å². The lowest BCUT2D eigenvalue weighted by Crippen LogP contribution is -2.55. The number of carbonyl (C=O) groups excluding carboxylic acids is 3. The number of hydrogen-bond acceptors (Lipinski definition) is 4. The number of alkyl carbamates (subject to hydrolysis) is 1. The summed E-state index contributed by atoms with van der Waals surface area (Å²) in [5.74, 6) is -0.524. The van der Waals surface area contributed by atoms with Crippen molar-refractivity contribution in [1.29, 1.82) is 0 Å². The van der Waals surface area contributed by atoms with Gasteiger partial charge in [-0.05, 0) is 63.5 Å². The molecule has 2 rings (SSSR count). The molecule has 7 nitrogen and oxygen atoms in total. The topological polar surface area (TPSA) is 87.7 Å². The minimum absolute atomic E-state index is 0.0262. The van der Waals surface area contributed by atoms with Gasteiger partial charge in [0.2, 0.25) is 11.8 Å². The van der Waals surface area contributed by atoms with Gasteiger partial charge in [0, 0.05) is 12.6 Å². The van der Waals surface area contributed by atoms with Crippen LogP contribution in [0.5, 0.6) is 0 Å². The summed E-state index contributed by atoms with van der Waals surface area (Å²) in [6.45, 7) is 14.1. The van der Waals surface area contributed by atoms with E-state index in [1.165, 1.54) is 5.56 Å². The van der Waals surface area contributed by atoms with E-state index >= 15 is 0 Å². The molecule has 0 heterocycles. The Morgan fingerprint density at radius 3 is 2.19 bits per heavy atom. The summed E-state index contributed by atoms with van der Waals surface area (Å²) in [7, 11) is 0. The second-order valence-electron chi connectivity index (χ2n) is 11.0. The molecule has 2 N–H and O–H groups in total. The van der Waals surface area contributed by atoms with Gasteiger partial charge in [-0.15, -0.1) is 0 Å². The summed E-state index contributed by atoms with van der Waals surface area (Å²) >= 11 is 0. The number of amides is 3. The first-order chi connectivity index (χ1) is 17.0. The molecule has 0 spiro atoms. The number of ether oxygens (including phenoxy) is 1. The van der Waals surface area contributed by atoms with E-state index in [9.17, 15) is 14.4 Å². The average molecular weight is 502 g/mol. The summed E-state index contributed by atoms with van der Waals surface area (Å²) < 4.78 is 5.46. The van der Waals surface area contributed by atoms with Crippen molar-refractivity contribution in [3.8, 4) is 0 Å². The van der Waals surface area contributed by atoms with E-state index in [0.29, 0.717) is 13.0 Å². The molecule has 0 bridgehead atoms. The molecule has 3 amide bonds. The van der Waals surface area contributed by atoms with Gasteiger partial charge in [0.05, 0.1) is 0 Å². The highest BCUT2D eigenvalue weighted by molar-refractivity contribution is 5.92. The molecule has 1 aromatic carbocycles. The number of aryl methyl sites for hydroxylation is 1. The number of benzene rings is 1. The normalized spacial score (nSPS) is 16.0. The molecule has 1 fully saturated rings. The number of carbonyl (C=O) groups is 3. The predicted molar refractivity (Wildman–Crippen MR) is 144 cm³/mol. The van der Waals surface area contributed by atoms with Crippen molar-refractivity contribution in [2.24, 2.45) is 5.92 Å². The van der Waals surface area contributed by atoms with E-state index in [2.05, 4.69) is 24.5 Å². The highest BCUT2D eigenvalue weighted by Gasteiger charge is 2.45. The first kappa shape index (κ1) is 29.7. The highest BCUT2D eigenvalue weighted by atomic mass is 16.6. The molecule has 0 radical (unpaired) electrons. The second-order valence-corrected chi connectivity index (χ2v) is 11.0. The Hall–Kier alpha value is -2.57. The number of nitrogens with one attached hydrogen (secondary N) is 2. The molecule has 3 atom stereocenters. The molecule has 202 valence electrons. The van der Waals surface area contributed by atoms with Crippen molar-refractivity contribution >= 4 is 17.9 Å². The summed E-state index contributed by atoms with van der Waals surface area (Å²) in [4.78, 5) is 42.1. The lowest BCUT2D eigenvalue weighted by molar-refractivity contribution is -0.144. The van der Waals surface area contributed by atoms with E-state index in [-0.39, 0.29) is 23.8 Å². The molecular weight excluding hydrogens is 454 g/mol. The van der Waals surface area contributed by atoms with Crippen LogP contribution in [0.1, 0.15) is 104 Å². The SMILES string of the molecule is CCCCCNC(=O)C(c1ccc(CC)cc1)N(C(=O)C(NC(=O)OC(C)(C)C)C(C)CC)C1CC1. The lowest BCUT2D eigenvalue weighted by atomic mass is 9.95. The minimum atomic E-state index is -0.782. The van der Waals surface area contributed by atoms with Crippen LogP contribution >= 0.6 is 0 Å². The first-order valence-electron chi connectivity index (χ1n) is 13.7. The Kier molecular flexibility index (Phi) is 11.3. The van der Waals surface area contributed by atoms with Crippen LogP contribution < -0.4 is 10.6 Å². The van der Waals surface area contributed by atoms with Gasteiger partial charge in [0.25, 0.3) is 0 Å². The van der Waals surface area contributed by atoms with Crippen molar-refractivity contribution in [2.75, 3.05) is 6.54 Å². The summed E-state index contributed by atoms with van der Waals surface area (Å²) in [5, 5.41) is 5.90. The second kappa shape index (κ2) is 13.7. The standard InChI is InChI=1S/C29H47N3O4/c1-8-11-12-19-30-26(33)25(22-15-13-21(10-3)14-16-22)32(23-17-18-23)27(34)24(20(4)9-2)31-28(35)36-29(5,6)7/h13-16,20,23-25H,8-12,17-19H2,1-7H3,(H,30,33)(H,31,35). The van der Waals surface area contributed by atoms with Gasteiger partial charge in [-0.2, -0.15) is 0 Å². The highest BCUT2D eigenvalue weighted by Crippen LogP contribution is 2.36. The predicted octanol–water partition coefficient (Wildman–Crippen LogP) is 5.53. The molecule has 0 aliphatic heterocycles. The van der Waals surface area contributed by atoms with Gasteiger partial charge < -0.3 is 20.3 Å². The Morgan fingerprint density at radius 2 is 1.69 bits per heavy atom. The zero-order valence-corrected chi connectivity index (χ0v) is 23.4. The van der Waals surface area contributed by atoms with Gasteiger partial charge in [-0.1, -0.05) is 71.2 Å². The van der Waals surface area contributed by atoms with E-state index in [1.807, 2.05) is 38.1 Å². The van der Waals surface area contributed by atoms with Crippen LogP contribution in [0.25, 0.3) is 0 Å². The zero-order valence-electron chi connectivity index (χ0n) is 23.4. The molecule has 3 unspecified atom stereocenters. The molecule has 0 saturated heterocycles. The summed E-state index contributed by atoms with van der Waals surface area (Å²) in [5.41, 5.74) is 1.29. The van der Waals surface area contributed by atoms with Crippen molar-refractivity contribution in [3.63, 3.8) is 0 Å². The Balaban J connectivity index is 2.40. The van der Waals surface area contributed by atoms with Crippen LogP contribution in [-0.2, 0) is 20.7 Å². The molecule has 7 heteroatoms. The maximum absolute atomic E-state index is 14.1. The van der Waals surface area contributed by atoms with Crippen molar-refractivity contribution in [1.82, 2.24) is 15.5 Å². The van der Waals surface area contributed by atoms with Crippen LogP contribution in [-0.4, -0.2) is 47.0 Å². The Morgan fingerprint density at radius 1 is 1.06 bits per heavy atom. The van der Waals surface area contributed by atoms with Gasteiger partial charge in [0.1, 0.15) is 17.7 Å². The third-order valence-corrected chi connectivity index (χ3v) is 6.66. The van der Waals surface area contributed by atoms with Crippen LogP contribution in [0.3, 0.4) is 0 Å². The maximum atomic E-state index is 14.1. The molecule has 0 aromatic heterocycles. The van der Waals surface area contributed by atoms with Crippen LogP contribution in [0.4, 0.5) is 4.79 Å². The minimum Gasteiger partial charge on any atom is -0.444 e. The largest absolute Gasteiger partial charge is 0.444 e. The third-order valence-electron chi connectivity index (χ3n) is 6.66. The molecular formula is C29H47N3O4. The summed E-state index contributed by atoms with van der Waals surface area (Å²) in [6.07, 6.45) is 5.67. The lowest BCUT2D eigenvalue weighted by Gasteiger charge is -2.36.